The smallest absolute Gasteiger partial charge is 0.0783 e. The van der Waals surface area contributed by atoms with Gasteiger partial charge in [-0.3, -0.25) is 0 Å². The summed E-state index contributed by atoms with van der Waals surface area (Å²) in [6.07, 6.45) is 4.13. The van der Waals surface area contributed by atoms with Crippen LogP contribution in [0.4, 0.5) is 0 Å². The third-order valence-electron chi connectivity index (χ3n) is 3.20. The second kappa shape index (κ2) is 7.20. The largest absolute Gasteiger partial charge is 0.311 e. The number of aryl methyl sites for hydroxylation is 1. The van der Waals surface area contributed by atoms with Crippen LogP contribution in [0.15, 0.2) is 30.5 Å². The van der Waals surface area contributed by atoms with Gasteiger partial charge in [-0.2, -0.15) is 0 Å². The maximum absolute atomic E-state index is 4.19. The fourth-order valence-electron chi connectivity index (χ4n) is 2.18. The Morgan fingerprint density at radius 1 is 1.20 bits per heavy atom. The first-order chi connectivity index (χ1) is 9.70. The molecule has 1 N–H and O–H groups in total. The van der Waals surface area contributed by atoms with E-state index < -0.39 is 0 Å². The molecule has 4 nitrogen and oxygen atoms in total. The SMILES string of the molecule is CCCc1ccc(-n2nncc2CNCC(C)C)cc1. The molecule has 0 spiro atoms. The van der Waals surface area contributed by atoms with Crippen molar-refractivity contribution in [3.05, 3.63) is 41.7 Å². The van der Waals surface area contributed by atoms with Gasteiger partial charge in [0.05, 0.1) is 17.6 Å². The van der Waals surface area contributed by atoms with Gasteiger partial charge in [0.1, 0.15) is 0 Å². The first-order valence-corrected chi connectivity index (χ1v) is 7.40. The van der Waals surface area contributed by atoms with E-state index in [4.69, 9.17) is 0 Å². The van der Waals surface area contributed by atoms with Crippen LogP contribution in [0.2, 0.25) is 0 Å². The molecule has 1 aromatic carbocycles. The van der Waals surface area contributed by atoms with Crippen molar-refractivity contribution in [1.29, 1.82) is 0 Å². The van der Waals surface area contributed by atoms with Crippen LogP contribution >= 0.6 is 0 Å². The zero-order valence-corrected chi connectivity index (χ0v) is 12.6. The van der Waals surface area contributed by atoms with Crippen molar-refractivity contribution in [3.63, 3.8) is 0 Å². The predicted molar refractivity (Wildman–Crippen MR) is 81.9 cm³/mol. The molecule has 4 heteroatoms. The van der Waals surface area contributed by atoms with Gasteiger partial charge >= 0.3 is 0 Å². The van der Waals surface area contributed by atoms with Crippen LogP contribution in [0.25, 0.3) is 5.69 Å². The van der Waals surface area contributed by atoms with Gasteiger partial charge in [0, 0.05) is 6.54 Å². The Balaban J connectivity index is 2.06. The third kappa shape index (κ3) is 3.90. The topological polar surface area (TPSA) is 42.7 Å². The van der Waals surface area contributed by atoms with Crippen LogP contribution in [-0.2, 0) is 13.0 Å². The highest BCUT2D eigenvalue weighted by atomic mass is 15.4. The van der Waals surface area contributed by atoms with E-state index in [9.17, 15) is 0 Å². The Morgan fingerprint density at radius 2 is 1.95 bits per heavy atom. The predicted octanol–water partition coefficient (Wildman–Crippen LogP) is 2.97. The van der Waals surface area contributed by atoms with Gasteiger partial charge in [0.25, 0.3) is 0 Å². The molecule has 0 aliphatic carbocycles. The molecule has 0 aliphatic rings. The van der Waals surface area contributed by atoms with E-state index in [-0.39, 0.29) is 0 Å². The molecule has 0 atom stereocenters. The molecule has 1 aromatic heterocycles. The minimum atomic E-state index is 0.646. The number of nitrogens with one attached hydrogen (secondary N) is 1. The van der Waals surface area contributed by atoms with Crippen molar-refractivity contribution in [1.82, 2.24) is 20.3 Å². The van der Waals surface area contributed by atoms with Crippen molar-refractivity contribution in [2.24, 2.45) is 5.92 Å². The summed E-state index contributed by atoms with van der Waals surface area (Å²) in [5.74, 6) is 0.646. The van der Waals surface area contributed by atoms with Crippen LogP contribution < -0.4 is 5.32 Å². The van der Waals surface area contributed by atoms with Gasteiger partial charge in [-0.15, -0.1) is 5.10 Å². The molecule has 0 unspecified atom stereocenters. The average molecular weight is 272 g/mol. The van der Waals surface area contributed by atoms with E-state index in [1.54, 1.807) is 0 Å². The molecular weight excluding hydrogens is 248 g/mol. The Kier molecular flexibility index (Phi) is 5.30. The van der Waals surface area contributed by atoms with Crippen molar-refractivity contribution >= 4 is 0 Å². The van der Waals surface area contributed by atoms with Gasteiger partial charge in [-0.25, -0.2) is 4.68 Å². The molecule has 2 rings (SSSR count). The summed E-state index contributed by atoms with van der Waals surface area (Å²) in [7, 11) is 0. The Labute approximate surface area is 121 Å². The van der Waals surface area contributed by atoms with Crippen LogP contribution in [-0.4, -0.2) is 21.5 Å². The number of benzene rings is 1. The van der Waals surface area contributed by atoms with Crippen LogP contribution in [0.1, 0.15) is 38.4 Å². The lowest BCUT2D eigenvalue weighted by atomic mass is 10.1. The van der Waals surface area contributed by atoms with E-state index in [1.807, 2.05) is 10.9 Å². The number of rotatable bonds is 7. The summed E-state index contributed by atoms with van der Waals surface area (Å²) in [5, 5.41) is 11.6. The van der Waals surface area contributed by atoms with Gasteiger partial charge in [0.15, 0.2) is 0 Å². The Morgan fingerprint density at radius 3 is 2.60 bits per heavy atom. The lowest BCUT2D eigenvalue weighted by Gasteiger charge is -2.09. The molecule has 108 valence electrons. The Bertz CT molecular complexity index is 514. The van der Waals surface area contributed by atoms with Gasteiger partial charge in [-0.05, 0) is 36.6 Å². The fraction of sp³-hybridized carbons (Fsp3) is 0.500. The molecule has 0 radical (unpaired) electrons. The first kappa shape index (κ1) is 14.7. The second-order valence-electron chi connectivity index (χ2n) is 5.58. The molecule has 0 saturated heterocycles. The molecule has 0 bridgehead atoms. The number of hydrogen-bond acceptors (Lipinski definition) is 3. The maximum Gasteiger partial charge on any atom is 0.0783 e. The summed E-state index contributed by atoms with van der Waals surface area (Å²) in [5.41, 5.74) is 3.54. The molecule has 0 aliphatic heterocycles. The zero-order valence-electron chi connectivity index (χ0n) is 12.6. The average Bonchev–Trinajstić information content (AvgIpc) is 2.88. The van der Waals surface area contributed by atoms with Crippen molar-refractivity contribution in [2.75, 3.05) is 6.54 Å². The van der Waals surface area contributed by atoms with E-state index in [0.717, 1.165) is 30.9 Å². The van der Waals surface area contributed by atoms with Gasteiger partial charge in [0.2, 0.25) is 0 Å². The van der Waals surface area contributed by atoms with E-state index in [1.165, 1.54) is 12.0 Å². The number of aromatic nitrogens is 3. The quantitative estimate of drug-likeness (QED) is 0.842. The second-order valence-corrected chi connectivity index (χ2v) is 5.58. The monoisotopic (exact) mass is 272 g/mol. The van der Waals surface area contributed by atoms with Crippen molar-refractivity contribution in [3.8, 4) is 5.69 Å². The maximum atomic E-state index is 4.19. The van der Waals surface area contributed by atoms with Gasteiger partial charge < -0.3 is 5.32 Å². The van der Waals surface area contributed by atoms with E-state index in [0.29, 0.717) is 5.92 Å². The number of nitrogens with zero attached hydrogens (tertiary/aromatic N) is 3. The number of hydrogen-bond donors (Lipinski definition) is 1. The third-order valence-corrected chi connectivity index (χ3v) is 3.20. The van der Waals surface area contributed by atoms with Crippen LogP contribution in [0, 0.1) is 5.92 Å². The Hall–Kier alpha value is -1.68. The summed E-state index contributed by atoms with van der Waals surface area (Å²) >= 11 is 0. The minimum absolute atomic E-state index is 0.646. The van der Waals surface area contributed by atoms with Crippen LogP contribution in [0.5, 0.6) is 0 Å². The highest BCUT2D eigenvalue weighted by Crippen LogP contribution is 2.12. The lowest BCUT2D eigenvalue weighted by Crippen LogP contribution is -2.20. The fourth-order valence-corrected chi connectivity index (χ4v) is 2.18. The van der Waals surface area contributed by atoms with Crippen LogP contribution in [0.3, 0.4) is 0 Å². The molecule has 0 amide bonds. The molecule has 1 heterocycles. The highest BCUT2D eigenvalue weighted by molar-refractivity contribution is 5.35. The normalized spacial score (nSPS) is 11.2. The highest BCUT2D eigenvalue weighted by Gasteiger charge is 2.06. The molecule has 0 saturated carbocycles. The molecular formula is C16H24N4. The molecule has 0 fully saturated rings. The summed E-state index contributed by atoms with van der Waals surface area (Å²) in [6, 6.07) is 8.58. The summed E-state index contributed by atoms with van der Waals surface area (Å²) in [6.45, 7) is 8.40. The standard InChI is InChI=1S/C16H24N4/c1-4-5-14-6-8-15(9-7-14)20-16(12-18-19-20)11-17-10-13(2)3/h6-9,12-13,17H,4-5,10-11H2,1-3H3. The van der Waals surface area contributed by atoms with E-state index >= 15 is 0 Å². The summed E-state index contributed by atoms with van der Waals surface area (Å²) in [4.78, 5) is 0. The molecule has 2 aromatic rings. The van der Waals surface area contributed by atoms with Crippen molar-refractivity contribution in [2.45, 2.75) is 40.2 Å². The summed E-state index contributed by atoms with van der Waals surface area (Å²) < 4.78 is 1.91. The minimum Gasteiger partial charge on any atom is -0.311 e. The van der Waals surface area contributed by atoms with E-state index in [2.05, 4.69) is 60.7 Å². The lowest BCUT2D eigenvalue weighted by molar-refractivity contribution is 0.542. The molecule has 20 heavy (non-hydrogen) atoms. The van der Waals surface area contributed by atoms with Gasteiger partial charge in [-0.1, -0.05) is 44.5 Å². The zero-order chi connectivity index (χ0) is 14.4. The first-order valence-electron chi connectivity index (χ1n) is 7.40. The van der Waals surface area contributed by atoms with Crippen molar-refractivity contribution < 1.29 is 0 Å².